The highest BCUT2D eigenvalue weighted by molar-refractivity contribution is 5.86. The Bertz CT molecular complexity index is 294. The third-order valence-corrected chi connectivity index (χ3v) is 2.70. The molecule has 4 nitrogen and oxygen atoms in total. The van der Waals surface area contributed by atoms with Crippen molar-refractivity contribution in [1.82, 2.24) is 0 Å². The van der Waals surface area contributed by atoms with Crippen LogP contribution in [0.1, 0.15) is 33.6 Å². The number of carbonyl (C=O) groups is 1. The Kier molecular flexibility index (Phi) is 3.64. The highest BCUT2D eigenvalue weighted by Gasteiger charge is 2.62. The second-order valence-corrected chi connectivity index (χ2v) is 4.38. The van der Waals surface area contributed by atoms with E-state index in [1.807, 2.05) is 0 Å². The maximum absolute atomic E-state index is 11.6. The number of rotatable bonds is 5. The lowest BCUT2D eigenvalue weighted by atomic mass is 10.0. The van der Waals surface area contributed by atoms with Gasteiger partial charge in [0.2, 0.25) is 6.08 Å². The van der Waals surface area contributed by atoms with Crippen LogP contribution in [0.5, 0.6) is 0 Å². The number of ether oxygens (including phenoxy) is 1. The summed E-state index contributed by atoms with van der Waals surface area (Å²) in [4.78, 5) is 25.6. The summed E-state index contributed by atoms with van der Waals surface area (Å²) in [6.45, 7) is 6.23. The molecule has 2 atom stereocenters. The Hall–Kier alpha value is -1.15. The van der Waals surface area contributed by atoms with Crippen LogP contribution in [-0.4, -0.2) is 24.2 Å². The third kappa shape index (κ3) is 2.45. The predicted molar refractivity (Wildman–Crippen MR) is 55.0 cm³/mol. The second-order valence-electron chi connectivity index (χ2n) is 4.38. The Morgan fingerprint density at radius 1 is 1.67 bits per heavy atom. The molecular formula is C11H17NO3. The minimum Gasteiger partial charge on any atom is -0.464 e. The number of carbonyl (C=O) groups excluding carboxylic acids is 2. The molecule has 4 heteroatoms. The van der Waals surface area contributed by atoms with E-state index in [9.17, 15) is 9.59 Å². The summed E-state index contributed by atoms with van der Waals surface area (Å²) in [5, 5.41) is 0. The number of esters is 1. The molecule has 0 heterocycles. The lowest BCUT2D eigenvalue weighted by Gasteiger charge is -2.10. The van der Waals surface area contributed by atoms with Gasteiger partial charge in [-0.3, -0.25) is 0 Å². The molecule has 0 radical (unpaired) electrons. The molecule has 84 valence electrons. The summed E-state index contributed by atoms with van der Waals surface area (Å²) in [5.74, 6) is 0.269. The van der Waals surface area contributed by atoms with E-state index in [2.05, 4.69) is 18.8 Å². The molecule has 2 unspecified atom stereocenters. The van der Waals surface area contributed by atoms with Gasteiger partial charge in [-0.1, -0.05) is 13.8 Å². The lowest BCUT2D eigenvalue weighted by molar-refractivity contribution is -0.146. The zero-order valence-electron chi connectivity index (χ0n) is 9.45. The fourth-order valence-electron chi connectivity index (χ4n) is 1.93. The number of aliphatic imine (C=N–C) groups is 1. The first kappa shape index (κ1) is 11.9. The first-order valence-electron chi connectivity index (χ1n) is 5.33. The quantitative estimate of drug-likeness (QED) is 0.395. The highest BCUT2D eigenvalue weighted by Crippen LogP contribution is 2.51. The summed E-state index contributed by atoms with van der Waals surface area (Å²) in [5.41, 5.74) is -0.901. The molecular weight excluding hydrogens is 194 g/mol. The Morgan fingerprint density at radius 3 is 2.80 bits per heavy atom. The molecule has 0 spiro atoms. The van der Waals surface area contributed by atoms with Crippen molar-refractivity contribution in [3.63, 3.8) is 0 Å². The van der Waals surface area contributed by atoms with Gasteiger partial charge in [-0.05, 0) is 31.6 Å². The normalized spacial score (nSPS) is 28.4. The van der Waals surface area contributed by atoms with Gasteiger partial charge < -0.3 is 4.74 Å². The van der Waals surface area contributed by atoms with Gasteiger partial charge in [0.1, 0.15) is 0 Å². The second kappa shape index (κ2) is 4.58. The average molecular weight is 211 g/mol. The molecule has 1 rings (SSSR count). The van der Waals surface area contributed by atoms with E-state index in [1.165, 1.54) is 6.08 Å². The molecule has 0 saturated heterocycles. The van der Waals surface area contributed by atoms with Crippen molar-refractivity contribution in [2.45, 2.75) is 39.2 Å². The third-order valence-electron chi connectivity index (χ3n) is 2.70. The van der Waals surface area contributed by atoms with E-state index in [-0.39, 0.29) is 11.9 Å². The summed E-state index contributed by atoms with van der Waals surface area (Å²) in [7, 11) is 0. The summed E-state index contributed by atoms with van der Waals surface area (Å²) >= 11 is 0. The van der Waals surface area contributed by atoms with Gasteiger partial charge in [-0.25, -0.2) is 9.59 Å². The zero-order valence-corrected chi connectivity index (χ0v) is 9.45. The van der Waals surface area contributed by atoms with Gasteiger partial charge in [-0.15, -0.1) is 0 Å². The highest BCUT2D eigenvalue weighted by atomic mass is 16.5. The molecule has 0 aromatic carbocycles. The molecule has 0 aliphatic heterocycles. The predicted octanol–water partition coefficient (Wildman–Crippen LogP) is 1.69. The largest absolute Gasteiger partial charge is 0.464 e. The molecule has 0 aromatic heterocycles. The molecule has 1 aliphatic carbocycles. The minimum atomic E-state index is -0.901. The van der Waals surface area contributed by atoms with Gasteiger partial charge in [0.15, 0.2) is 5.54 Å². The fraction of sp³-hybridized carbons (Fsp3) is 0.818. The van der Waals surface area contributed by atoms with Crippen LogP contribution in [0.4, 0.5) is 0 Å². The fourth-order valence-corrected chi connectivity index (χ4v) is 1.93. The van der Waals surface area contributed by atoms with Crippen LogP contribution in [0.15, 0.2) is 4.99 Å². The van der Waals surface area contributed by atoms with E-state index >= 15 is 0 Å². The van der Waals surface area contributed by atoms with E-state index < -0.39 is 5.54 Å². The maximum atomic E-state index is 11.6. The van der Waals surface area contributed by atoms with Crippen LogP contribution < -0.4 is 0 Å². The van der Waals surface area contributed by atoms with Crippen LogP contribution in [0, 0.1) is 11.8 Å². The van der Waals surface area contributed by atoms with Crippen molar-refractivity contribution in [3.8, 4) is 0 Å². The van der Waals surface area contributed by atoms with Crippen LogP contribution in [-0.2, 0) is 14.3 Å². The van der Waals surface area contributed by atoms with E-state index in [4.69, 9.17) is 4.74 Å². The van der Waals surface area contributed by atoms with Crippen LogP contribution >= 0.6 is 0 Å². The van der Waals surface area contributed by atoms with Gasteiger partial charge in [-0.2, -0.15) is 4.99 Å². The average Bonchev–Trinajstić information content (AvgIpc) is 2.80. The van der Waals surface area contributed by atoms with Crippen molar-refractivity contribution in [3.05, 3.63) is 0 Å². The Balaban J connectivity index is 2.68. The first-order chi connectivity index (χ1) is 7.06. The molecule has 0 bridgehead atoms. The molecule has 1 aliphatic rings. The maximum Gasteiger partial charge on any atom is 0.335 e. The zero-order chi connectivity index (χ0) is 11.5. The number of hydrogen-bond donors (Lipinski definition) is 0. The van der Waals surface area contributed by atoms with Gasteiger partial charge in [0.25, 0.3) is 0 Å². The first-order valence-corrected chi connectivity index (χ1v) is 5.33. The smallest absolute Gasteiger partial charge is 0.335 e. The number of isocyanates is 1. The standard InChI is InChI=1S/C11H17NO3/c1-4-15-10(14)11(12-7-13)6-9(11)5-8(2)3/h8-9H,4-6H2,1-3H3. The van der Waals surface area contributed by atoms with Crippen molar-refractivity contribution >= 4 is 12.0 Å². The summed E-state index contributed by atoms with van der Waals surface area (Å²) in [6.07, 6.45) is 3.00. The van der Waals surface area contributed by atoms with E-state index in [0.29, 0.717) is 18.9 Å². The Morgan fingerprint density at radius 2 is 2.33 bits per heavy atom. The van der Waals surface area contributed by atoms with Crippen LogP contribution in [0.25, 0.3) is 0 Å². The number of nitrogens with zero attached hydrogens (tertiary/aromatic N) is 1. The Labute approximate surface area is 89.7 Å². The van der Waals surface area contributed by atoms with Gasteiger partial charge in [0.05, 0.1) is 6.61 Å². The van der Waals surface area contributed by atoms with Crippen molar-refractivity contribution in [2.75, 3.05) is 6.61 Å². The topological polar surface area (TPSA) is 55.7 Å². The van der Waals surface area contributed by atoms with Gasteiger partial charge >= 0.3 is 5.97 Å². The SMILES string of the molecule is CCOC(=O)C1(N=C=O)CC1CC(C)C. The molecule has 0 amide bonds. The number of hydrogen-bond acceptors (Lipinski definition) is 4. The summed E-state index contributed by atoms with van der Waals surface area (Å²) in [6, 6.07) is 0. The van der Waals surface area contributed by atoms with Crippen molar-refractivity contribution in [1.29, 1.82) is 0 Å². The van der Waals surface area contributed by atoms with Crippen molar-refractivity contribution in [2.24, 2.45) is 16.8 Å². The molecule has 1 saturated carbocycles. The molecule has 15 heavy (non-hydrogen) atoms. The molecule has 0 aromatic rings. The molecule has 1 fully saturated rings. The van der Waals surface area contributed by atoms with E-state index in [1.54, 1.807) is 6.92 Å². The minimum absolute atomic E-state index is 0.151. The van der Waals surface area contributed by atoms with Gasteiger partial charge in [0, 0.05) is 0 Å². The van der Waals surface area contributed by atoms with E-state index in [0.717, 1.165) is 6.42 Å². The van der Waals surface area contributed by atoms with Crippen LogP contribution in [0.2, 0.25) is 0 Å². The van der Waals surface area contributed by atoms with Crippen molar-refractivity contribution < 1.29 is 14.3 Å². The van der Waals surface area contributed by atoms with Crippen LogP contribution in [0.3, 0.4) is 0 Å². The monoisotopic (exact) mass is 211 g/mol. The lowest BCUT2D eigenvalue weighted by Crippen LogP contribution is -2.26. The molecule has 0 N–H and O–H groups in total. The summed E-state index contributed by atoms with van der Waals surface area (Å²) < 4.78 is 4.92.